The number of aromatic nitrogens is 1. The van der Waals surface area contributed by atoms with Crippen molar-refractivity contribution in [3.05, 3.63) is 47.9 Å². The molecule has 1 fully saturated rings. The van der Waals surface area contributed by atoms with Gasteiger partial charge in [0, 0.05) is 42.9 Å². The van der Waals surface area contributed by atoms with E-state index in [1.165, 1.54) is 18.2 Å². The number of alkyl halides is 2. The van der Waals surface area contributed by atoms with E-state index in [9.17, 15) is 13.2 Å². The van der Waals surface area contributed by atoms with Gasteiger partial charge in [0.2, 0.25) is 5.95 Å². The van der Waals surface area contributed by atoms with Gasteiger partial charge < -0.3 is 19.3 Å². The number of halogens is 3. The summed E-state index contributed by atoms with van der Waals surface area (Å²) in [6, 6.07) is 9.34. The average Bonchev–Trinajstić information content (AvgIpc) is 3.10. The van der Waals surface area contributed by atoms with E-state index >= 15 is 0 Å². The van der Waals surface area contributed by atoms with Crippen molar-refractivity contribution in [2.24, 2.45) is 0 Å². The number of likely N-dealkylation sites (N-methyl/N-ethyl adjacent to an activating group) is 1. The molecule has 2 heterocycles. The summed E-state index contributed by atoms with van der Waals surface area (Å²) in [5.41, 5.74) is 0.118. The minimum Gasteiger partial charge on any atom is -0.375 e. The van der Waals surface area contributed by atoms with E-state index in [-0.39, 0.29) is 11.2 Å². The topological polar surface area (TPSA) is 40.6 Å². The number of hydrogen-bond donors (Lipinski definition) is 1. The molecule has 0 bridgehead atoms. The Hall–Kier alpha value is -1.97. The minimum absolute atomic E-state index is 0.0271. The summed E-state index contributed by atoms with van der Waals surface area (Å²) in [4.78, 5) is 8.31. The summed E-state index contributed by atoms with van der Waals surface area (Å²) in [5, 5.41) is 0. The second kappa shape index (κ2) is 9.23. The van der Waals surface area contributed by atoms with Gasteiger partial charge in [-0.15, -0.1) is 0 Å². The van der Waals surface area contributed by atoms with Crippen LogP contribution in [-0.4, -0.2) is 56.3 Å². The Morgan fingerprint density at radius 2 is 2.10 bits per heavy atom. The highest BCUT2D eigenvalue weighted by molar-refractivity contribution is 8.00. The molecule has 0 spiro atoms. The van der Waals surface area contributed by atoms with Gasteiger partial charge in [0.15, 0.2) is 0 Å². The highest BCUT2D eigenvalue weighted by Gasteiger charge is 2.39. The van der Waals surface area contributed by atoms with Gasteiger partial charge in [0.25, 0.3) is 6.43 Å². The van der Waals surface area contributed by atoms with Crippen LogP contribution < -0.4 is 9.62 Å². The van der Waals surface area contributed by atoms with Gasteiger partial charge in [-0.05, 0) is 62.8 Å². The molecule has 5 nitrogen and oxygen atoms in total. The quantitative estimate of drug-likeness (QED) is 0.497. The number of pyridine rings is 1. The third kappa shape index (κ3) is 5.34. The molecule has 1 N–H and O–H groups in total. The van der Waals surface area contributed by atoms with Crippen LogP contribution in [0.1, 0.15) is 18.4 Å². The molecule has 29 heavy (non-hydrogen) atoms. The zero-order valence-electron chi connectivity index (χ0n) is 16.7. The third-order valence-electron chi connectivity index (χ3n) is 4.92. The van der Waals surface area contributed by atoms with E-state index in [2.05, 4.69) is 9.71 Å². The molecule has 1 unspecified atom stereocenters. The van der Waals surface area contributed by atoms with Crippen molar-refractivity contribution in [1.29, 1.82) is 0 Å². The molecule has 0 saturated carbocycles. The Balaban J connectivity index is 1.76. The van der Waals surface area contributed by atoms with Crippen LogP contribution in [0, 0.1) is 5.95 Å². The maximum Gasteiger partial charge on any atom is 0.265 e. The van der Waals surface area contributed by atoms with Gasteiger partial charge in [-0.1, -0.05) is 6.07 Å². The Morgan fingerprint density at radius 3 is 2.76 bits per heavy atom. The molecule has 1 aliphatic heterocycles. The molecule has 1 aliphatic rings. The van der Waals surface area contributed by atoms with Gasteiger partial charge in [0.1, 0.15) is 5.82 Å². The lowest BCUT2D eigenvalue weighted by Crippen LogP contribution is -2.44. The number of methoxy groups -OCH3 is 1. The molecule has 158 valence electrons. The zero-order chi connectivity index (χ0) is 21.0. The smallest absolute Gasteiger partial charge is 0.265 e. The number of nitrogens with zero attached hydrogens (tertiary/aromatic N) is 3. The van der Waals surface area contributed by atoms with Gasteiger partial charge in [-0.2, -0.15) is 4.39 Å². The van der Waals surface area contributed by atoms with Crippen molar-refractivity contribution >= 4 is 23.5 Å². The van der Waals surface area contributed by atoms with Crippen LogP contribution in [0.2, 0.25) is 0 Å². The first-order valence-electron chi connectivity index (χ1n) is 9.24. The molecule has 1 atom stereocenters. The molecule has 1 saturated heterocycles. The van der Waals surface area contributed by atoms with Crippen LogP contribution in [-0.2, 0) is 4.74 Å². The lowest BCUT2D eigenvalue weighted by atomic mass is 10.0. The Kier molecular flexibility index (Phi) is 6.92. The van der Waals surface area contributed by atoms with Gasteiger partial charge in [-0.25, -0.2) is 13.8 Å². The number of nitrogens with one attached hydrogen (secondary N) is 1. The molecule has 1 aromatic carbocycles. The fourth-order valence-corrected chi connectivity index (χ4v) is 4.28. The monoisotopic (exact) mass is 426 g/mol. The third-order valence-corrected chi connectivity index (χ3v) is 5.72. The van der Waals surface area contributed by atoms with Crippen LogP contribution in [0.25, 0.3) is 0 Å². The lowest BCUT2D eigenvalue weighted by molar-refractivity contribution is -0.0101. The average molecular weight is 427 g/mol. The van der Waals surface area contributed by atoms with Crippen molar-refractivity contribution in [2.75, 3.05) is 50.5 Å². The molecular weight excluding hydrogens is 401 g/mol. The van der Waals surface area contributed by atoms with Crippen molar-refractivity contribution in [1.82, 2.24) is 9.88 Å². The second-order valence-electron chi connectivity index (χ2n) is 7.37. The first-order chi connectivity index (χ1) is 13.8. The van der Waals surface area contributed by atoms with Crippen LogP contribution >= 0.6 is 11.9 Å². The molecule has 0 radical (unpaired) electrons. The fourth-order valence-electron chi connectivity index (χ4n) is 3.62. The first kappa shape index (κ1) is 21.7. The van der Waals surface area contributed by atoms with E-state index in [1.54, 1.807) is 25.3 Å². The van der Waals surface area contributed by atoms with Crippen molar-refractivity contribution < 1.29 is 17.9 Å². The number of rotatable bonds is 8. The number of anilines is 2. The number of hydrogen-bond acceptors (Lipinski definition) is 6. The lowest BCUT2D eigenvalue weighted by Gasteiger charge is -2.31. The Bertz CT molecular complexity index is 839. The van der Waals surface area contributed by atoms with Crippen LogP contribution in [0.5, 0.6) is 0 Å². The molecule has 0 aliphatic carbocycles. The van der Waals surface area contributed by atoms with Gasteiger partial charge in [0.05, 0.1) is 5.60 Å². The SMILES string of the molecule is COC1(CN(C)C)CCN(c2ccc(SNc3cccc(F)n3)cc2C(F)F)C1. The molecule has 9 heteroatoms. The van der Waals surface area contributed by atoms with E-state index in [4.69, 9.17) is 4.74 Å². The van der Waals surface area contributed by atoms with Gasteiger partial charge >= 0.3 is 0 Å². The summed E-state index contributed by atoms with van der Waals surface area (Å²) < 4.78 is 49.4. The maximum atomic E-state index is 13.8. The highest BCUT2D eigenvalue weighted by atomic mass is 32.2. The summed E-state index contributed by atoms with van der Waals surface area (Å²) in [6.45, 7) is 1.93. The fraction of sp³-hybridized carbons (Fsp3) is 0.450. The molecule has 0 amide bonds. The zero-order valence-corrected chi connectivity index (χ0v) is 17.5. The largest absolute Gasteiger partial charge is 0.375 e. The van der Waals surface area contributed by atoms with E-state index in [0.717, 1.165) is 24.9 Å². The molecule has 1 aromatic heterocycles. The Labute approximate surface area is 173 Å². The first-order valence-corrected chi connectivity index (χ1v) is 10.1. The van der Waals surface area contributed by atoms with E-state index in [1.807, 2.05) is 23.9 Å². The maximum absolute atomic E-state index is 13.8. The molecular formula is C20H25F3N4OS. The Morgan fingerprint density at radius 1 is 1.31 bits per heavy atom. The van der Waals surface area contributed by atoms with Crippen molar-refractivity contribution in [3.8, 4) is 0 Å². The number of ether oxygens (including phenoxy) is 1. The van der Waals surface area contributed by atoms with Gasteiger partial charge in [-0.3, -0.25) is 0 Å². The molecule has 3 rings (SSSR count). The summed E-state index contributed by atoms with van der Waals surface area (Å²) >= 11 is 1.12. The normalized spacial score (nSPS) is 19.4. The van der Waals surface area contributed by atoms with Crippen LogP contribution in [0.3, 0.4) is 0 Å². The van der Waals surface area contributed by atoms with E-state index in [0.29, 0.717) is 29.5 Å². The standard InChI is InChI=1S/C20H25F3N4OS/c1-26(2)12-20(28-3)9-10-27(13-20)16-8-7-14(11-15(16)19(22)23)29-25-18-6-4-5-17(21)24-18/h4-8,11,19H,9-10,12-13H2,1-3H3,(H,24,25). The summed E-state index contributed by atoms with van der Waals surface area (Å²) in [5.74, 6) is -0.279. The second-order valence-corrected chi connectivity index (χ2v) is 8.25. The van der Waals surface area contributed by atoms with Crippen molar-refractivity contribution in [2.45, 2.75) is 23.3 Å². The minimum atomic E-state index is -2.61. The number of benzene rings is 1. The van der Waals surface area contributed by atoms with Crippen LogP contribution in [0.15, 0.2) is 41.3 Å². The van der Waals surface area contributed by atoms with Crippen LogP contribution in [0.4, 0.5) is 24.7 Å². The summed E-state index contributed by atoms with van der Waals surface area (Å²) in [7, 11) is 5.62. The molecule has 2 aromatic rings. The van der Waals surface area contributed by atoms with E-state index < -0.39 is 12.4 Å². The predicted molar refractivity (Wildman–Crippen MR) is 110 cm³/mol. The van der Waals surface area contributed by atoms with Crippen molar-refractivity contribution in [3.63, 3.8) is 0 Å². The highest BCUT2D eigenvalue weighted by Crippen LogP contribution is 2.37. The summed E-state index contributed by atoms with van der Waals surface area (Å²) in [6.07, 6.45) is -1.84. The predicted octanol–water partition coefficient (Wildman–Crippen LogP) is 4.43.